The van der Waals surface area contributed by atoms with Gasteiger partial charge in [-0.25, -0.2) is 0 Å². The van der Waals surface area contributed by atoms with E-state index in [4.69, 9.17) is 0 Å². The molecule has 0 aliphatic heterocycles. The van der Waals surface area contributed by atoms with E-state index in [0.29, 0.717) is 17.9 Å². The van der Waals surface area contributed by atoms with Crippen LogP contribution in [0.4, 0.5) is 0 Å². The van der Waals surface area contributed by atoms with Crippen molar-refractivity contribution in [2.75, 3.05) is 0 Å². The maximum Gasteiger partial charge on any atom is 0.251 e. The van der Waals surface area contributed by atoms with E-state index < -0.39 is 6.04 Å². The second-order valence-electron chi connectivity index (χ2n) is 8.26. The first-order valence-electron chi connectivity index (χ1n) is 10.7. The second kappa shape index (κ2) is 11.5. The summed E-state index contributed by atoms with van der Waals surface area (Å²) in [5, 5.41) is 4.94. The summed E-state index contributed by atoms with van der Waals surface area (Å²) in [5.41, 5.74) is 0.573. The van der Waals surface area contributed by atoms with Crippen molar-refractivity contribution in [2.45, 2.75) is 65.3 Å². The van der Waals surface area contributed by atoms with Gasteiger partial charge in [-0.05, 0) is 48.6 Å². The van der Waals surface area contributed by atoms with Gasteiger partial charge in [0.2, 0.25) is 0 Å². The molecule has 0 heterocycles. The van der Waals surface area contributed by atoms with Crippen LogP contribution in [0.15, 0.2) is 42.5 Å². The van der Waals surface area contributed by atoms with Crippen molar-refractivity contribution in [2.24, 2.45) is 11.8 Å². The smallest absolute Gasteiger partial charge is 0.251 e. The molecule has 0 radical (unpaired) electrons. The van der Waals surface area contributed by atoms with Crippen LogP contribution in [-0.4, -0.2) is 24.0 Å². The van der Waals surface area contributed by atoms with E-state index in [2.05, 4.69) is 12.2 Å². The van der Waals surface area contributed by atoms with Crippen molar-refractivity contribution >= 4 is 28.7 Å². The fourth-order valence-corrected chi connectivity index (χ4v) is 3.50. The third-order valence-corrected chi connectivity index (χ3v) is 5.74. The number of carbonyl (C=O) groups excluding carboxylic acids is 3. The summed E-state index contributed by atoms with van der Waals surface area (Å²) in [4.78, 5) is 35.2. The summed E-state index contributed by atoms with van der Waals surface area (Å²) < 4.78 is 0. The van der Waals surface area contributed by atoms with E-state index in [-0.39, 0.29) is 17.6 Å². The fraction of sp³-hybridized carbons (Fsp3) is 0.480. The third kappa shape index (κ3) is 7.45. The lowest BCUT2D eigenvalue weighted by molar-refractivity contribution is -0.120. The van der Waals surface area contributed by atoms with Crippen LogP contribution in [0.3, 0.4) is 0 Å². The fourth-order valence-electron chi connectivity index (χ4n) is 3.50. The van der Waals surface area contributed by atoms with Crippen molar-refractivity contribution in [3.05, 3.63) is 48.0 Å². The van der Waals surface area contributed by atoms with E-state index in [1.54, 1.807) is 13.0 Å². The van der Waals surface area contributed by atoms with E-state index in [0.717, 1.165) is 49.2 Å². The molecule has 0 aliphatic carbocycles. The summed E-state index contributed by atoms with van der Waals surface area (Å²) in [5.74, 6) is 0.758. The number of hydrogen-bond acceptors (Lipinski definition) is 3. The zero-order valence-electron chi connectivity index (χ0n) is 17.8. The Kier molecular flexibility index (Phi) is 9.04. The topological polar surface area (TPSA) is 63.2 Å². The van der Waals surface area contributed by atoms with Crippen LogP contribution in [0.5, 0.6) is 0 Å². The minimum Gasteiger partial charge on any atom is -0.343 e. The predicted octanol–water partition coefficient (Wildman–Crippen LogP) is 5.34. The number of rotatable bonds is 12. The summed E-state index contributed by atoms with van der Waals surface area (Å²) >= 11 is 0. The number of Topliss-reactive ketones (excluding diaryl/α,β-unsaturated/α-hetero) is 1. The van der Waals surface area contributed by atoms with Gasteiger partial charge in [-0.3, -0.25) is 9.59 Å². The molecule has 0 saturated carbocycles. The molecule has 0 bridgehead atoms. The van der Waals surface area contributed by atoms with Crippen LogP contribution in [0.2, 0.25) is 0 Å². The zero-order valence-corrected chi connectivity index (χ0v) is 17.8. The van der Waals surface area contributed by atoms with E-state index in [1.165, 1.54) is 0 Å². The highest BCUT2D eigenvalue weighted by Crippen LogP contribution is 2.19. The second-order valence-corrected chi connectivity index (χ2v) is 8.26. The number of carbonyl (C=O) groups is 3. The summed E-state index contributed by atoms with van der Waals surface area (Å²) in [6, 6.07) is 13.0. The molecule has 0 fully saturated rings. The maximum absolute atomic E-state index is 12.5. The Bertz CT molecular complexity index is 830. The van der Waals surface area contributed by atoms with Gasteiger partial charge in [-0.15, -0.1) is 0 Å². The third-order valence-electron chi connectivity index (χ3n) is 5.74. The number of benzene rings is 2. The summed E-state index contributed by atoms with van der Waals surface area (Å²) in [7, 11) is 0. The Morgan fingerprint density at radius 2 is 1.62 bits per heavy atom. The lowest BCUT2D eigenvalue weighted by atomic mass is 9.92. The quantitative estimate of drug-likeness (QED) is 0.390. The molecular formula is C25H33NO3. The van der Waals surface area contributed by atoms with E-state index in [9.17, 15) is 14.4 Å². The molecule has 156 valence electrons. The van der Waals surface area contributed by atoms with Crippen LogP contribution >= 0.6 is 0 Å². The number of aldehydes is 1. The zero-order chi connectivity index (χ0) is 21.2. The van der Waals surface area contributed by atoms with Gasteiger partial charge in [-0.1, -0.05) is 69.9 Å². The molecule has 0 spiro atoms. The molecule has 3 unspecified atom stereocenters. The van der Waals surface area contributed by atoms with Crippen molar-refractivity contribution < 1.29 is 14.4 Å². The highest BCUT2D eigenvalue weighted by atomic mass is 16.2. The average Bonchev–Trinajstić information content (AvgIpc) is 2.73. The van der Waals surface area contributed by atoms with Crippen molar-refractivity contribution in [3.63, 3.8) is 0 Å². The minimum absolute atomic E-state index is 0.141. The standard InChI is InChI=1S/C25H33NO3/c1-18(12-13-19(2)20(3)28)8-4-7-11-24(17-27)26-25(29)23-15-14-21-9-5-6-10-22(21)16-23/h5-6,9-10,14-19,24H,4,7-8,11-13H2,1-3H3,(H,26,29). The number of nitrogens with one attached hydrogen (secondary N) is 1. The number of unbranched alkanes of at least 4 members (excludes halogenated alkanes) is 1. The van der Waals surface area contributed by atoms with Gasteiger partial charge in [-0.2, -0.15) is 0 Å². The average molecular weight is 396 g/mol. The van der Waals surface area contributed by atoms with Crippen molar-refractivity contribution in [1.29, 1.82) is 0 Å². The molecule has 4 heteroatoms. The highest BCUT2D eigenvalue weighted by molar-refractivity contribution is 5.99. The molecule has 29 heavy (non-hydrogen) atoms. The molecule has 3 atom stereocenters. The van der Waals surface area contributed by atoms with E-state index in [1.807, 2.05) is 43.3 Å². The first-order valence-corrected chi connectivity index (χ1v) is 10.7. The SMILES string of the molecule is CC(=O)C(C)CCC(C)CCCCC(C=O)NC(=O)c1ccc2ccccc2c1. The Morgan fingerprint density at radius 3 is 2.31 bits per heavy atom. The van der Waals surface area contributed by atoms with Gasteiger partial charge in [0, 0.05) is 11.5 Å². The van der Waals surface area contributed by atoms with Crippen LogP contribution in [-0.2, 0) is 9.59 Å². The Balaban J connectivity index is 1.74. The number of fused-ring (bicyclic) bond motifs is 1. The van der Waals surface area contributed by atoms with Gasteiger partial charge in [0.1, 0.15) is 12.1 Å². The van der Waals surface area contributed by atoms with Gasteiger partial charge >= 0.3 is 0 Å². The molecule has 0 aliphatic rings. The Morgan fingerprint density at radius 1 is 0.931 bits per heavy atom. The molecule has 0 saturated heterocycles. The van der Waals surface area contributed by atoms with Crippen LogP contribution in [0.25, 0.3) is 10.8 Å². The lowest BCUT2D eigenvalue weighted by Gasteiger charge is -2.15. The van der Waals surface area contributed by atoms with Crippen LogP contribution < -0.4 is 5.32 Å². The van der Waals surface area contributed by atoms with Gasteiger partial charge in [0.15, 0.2) is 0 Å². The molecule has 2 aromatic carbocycles. The first-order chi connectivity index (χ1) is 13.9. The highest BCUT2D eigenvalue weighted by Gasteiger charge is 2.14. The Hall–Kier alpha value is -2.49. The maximum atomic E-state index is 12.5. The van der Waals surface area contributed by atoms with E-state index >= 15 is 0 Å². The van der Waals surface area contributed by atoms with Crippen molar-refractivity contribution in [1.82, 2.24) is 5.32 Å². The number of ketones is 1. The molecule has 1 N–H and O–H groups in total. The van der Waals surface area contributed by atoms with Gasteiger partial charge in [0.05, 0.1) is 6.04 Å². The Labute approximate surface area is 174 Å². The van der Waals surface area contributed by atoms with Gasteiger partial charge < -0.3 is 10.1 Å². The van der Waals surface area contributed by atoms with Gasteiger partial charge in [0.25, 0.3) is 5.91 Å². The normalized spacial score (nSPS) is 14.2. The monoisotopic (exact) mass is 395 g/mol. The summed E-state index contributed by atoms with van der Waals surface area (Å²) in [6.45, 7) is 5.86. The lowest BCUT2D eigenvalue weighted by Crippen LogP contribution is -2.35. The number of hydrogen-bond donors (Lipinski definition) is 1. The van der Waals surface area contributed by atoms with Crippen LogP contribution in [0, 0.1) is 11.8 Å². The van der Waals surface area contributed by atoms with Crippen molar-refractivity contribution in [3.8, 4) is 0 Å². The summed E-state index contributed by atoms with van der Waals surface area (Å²) in [6.07, 6.45) is 6.47. The first kappa shape index (κ1) is 22.8. The molecular weight excluding hydrogens is 362 g/mol. The molecule has 2 aromatic rings. The minimum atomic E-state index is -0.456. The van der Waals surface area contributed by atoms with Crippen LogP contribution in [0.1, 0.15) is 69.7 Å². The largest absolute Gasteiger partial charge is 0.343 e. The molecule has 1 amide bonds. The molecule has 4 nitrogen and oxygen atoms in total. The predicted molar refractivity (Wildman–Crippen MR) is 118 cm³/mol. The number of amides is 1. The molecule has 2 rings (SSSR count). The molecule has 0 aromatic heterocycles.